The van der Waals surface area contributed by atoms with E-state index in [0.717, 1.165) is 24.4 Å². The van der Waals surface area contributed by atoms with Gasteiger partial charge in [-0.1, -0.05) is 6.07 Å². The van der Waals surface area contributed by atoms with E-state index < -0.39 is 5.97 Å². The van der Waals surface area contributed by atoms with Crippen LogP contribution in [0, 0.1) is 5.82 Å². The Morgan fingerprint density at radius 3 is 2.85 bits per heavy atom. The Morgan fingerprint density at radius 1 is 1.37 bits per heavy atom. The van der Waals surface area contributed by atoms with E-state index in [1.807, 2.05) is 10.6 Å². The molecule has 1 aliphatic heterocycles. The van der Waals surface area contributed by atoms with Gasteiger partial charge in [0.15, 0.2) is 11.3 Å². The van der Waals surface area contributed by atoms with Crippen molar-refractivity contribution in [1.29, 1.82) is 0 Å². The van der Waals surface area contributed by atoms with Crippen LogP contribution in [0.1, 0.15) is 28.3 Å². The van der Waals surface area contributed by atoms with Crippen LogP contribution in [0.3, 0.4) is 0 Å². The second-order valence-corrected chi connectivity index (χ2v) is 7.23. The zero-order chi connectivity index (χ0) is 19.0. The number of hydrogen-bond acceptors (Lipinski definition) is 5. The standard InChI is InChI=1S/C19H17BrFN3O3/c1-26-19(25)16-5-4-15-18(23-16)24(10-12-6-7-27-12)17(22-15)9-11-2-3-13(20)14(21)8-11/h2-5,8,12H,6-7,9-10H2,1H3/t12-/m0/s1. The van der Waals surface area contributed by atoms with Crippen LogP contribution >= 0.6 is 15.9 Å². The van der Waals surface area contributed by atoms with Crippen molar-refractivity contribution in [3.05, 3.63) is 57.7 Å². The zero-order valence-electron chi connectivity index (χ0n) is 14.6. The van der Waals surface area contributed by atoms with Gasteiger partial charge >= 0.3 is 5.97 Å². The van der Waals surface area contributed by atoms with Crippen LogP contribution < -0.4 is 0 Å². The molecule has 0 spiro atoms. The topological polar surface area (TPSA) is 66.2 Å². The second-order valence-electron chi connectivity index (χ2n) is 6.38. The van der Waals surface area contributed by atoms with E-state index in [0.29, 0.717) is 28.6 Å². The Morgan fingerprint density at radius 2 is 2.19 bits per heavy atom. The number of carbonyl (C=O) groups excluding carboxylic acids is 1. The van der Waals surface area contributed by atoms with Crippen molar-refractivity contribution in [3.63, 3.8) is 0 Å². The number of fused-ring (bicyclic) bond motifs is 1. The second kappa shape index (κ2) is 7.36. The maximum atomic E-state index is 13.9. The minimum absolute atomic E-state index is 0.0892. The molecule has 0 radical (unpaired) electrons. The summed E-state index contributed by atoms with van der Waals surface area (Å²) in [6.45, 7) is 1.33. The zero-order valence-corrected chi connectivity index (χ0v) is 16.2. The molecule has 1 aliphatic rings. The summed E-state index contributed by atoms with van der Waals surface area (Å²) in [5.74, 6) is -0.0681. The first-order valence-electron chi connectivity index (χ1n) is 8.55. The molecule has 8 heteroatoms. The first-order valence-corrected chi connectivity index (χ1v) is 9.34. The van der Waals surface area contributed by atoms with E-state index in [-0.39, 0.29) is 17.6 Å². The number of rotatable bonds is 5. The van der Waals surface area contributed by atoms with Gasteiger partial charge in [0.2, 0.25) is 0 Å². The van der Waals surface area contributed by atoms with Crippen molar-refractivity contribution in [1.82, 2.24) is 14.5 Å². The lowest BCUT2D eigenvalue weighted by Crippen LogP contribution is -2.32. The number of nitrogens with zero attached hydrogens (tertiary/aromatic N) is 3. The summed E-state index contributed by atoms with van der Waals surface area (Å²) in [6.07, 6.45) is 1.50. The highest BCUT2D eigenvalue weighted by molar-refractivity contribution is 9.10. The van der Waals surface area contributed by atoms with Gasteiger partial charge in [-0.05, 0) is 52.2 Å². The molecular formula is C19H17BrFN3O3. The summed E-state index contributed by atoms with van der Waals surface area (Å²) in [4.78, 5) is 20.9. The van der Waals surface area contributed by atoms with E-state index in [4.69, 9.17) is 9.47 Å². The van der Waals surface area contributed by atoms with Gasteiger partial charge in [-0.25, -0.2) is 19.2 Å². The van der Waals surface area contributed by atoms with Crippen molar-refractivity contribution < 1.29 is 18.7 Å². The van der Waals surface area contributed by atoms with Gasteiger partial charge in [-0.3, -0.25) is 0 Å². The van der Waals surface area contributed by atoms with E-state index in [1.54, 1.807) is 18.2 Å². The van der Waals surface area contributed by atoms with Gasteiger partial charge in [0, 0.05) is 13.0 Å². The minimum Gasteiger partial charge on any atom is -0.464 e. The lowest BCUT2D eigenvalue weighted by atomic mass is 10.1. The number of esters is 1. The maximum Gasteiger partial charge on any atom is 0.356 e. The highest BCUT2D eigenvalue weighted by atomic mass is 79.9. The molecule has 1 saturated heterocycles. The predicted molar refractivity (Wildman–Crippen MR) is 100 cm³/mol. The molecule has 3 aromatic rings. The monoisotopic (exact) mass is 433 g/mol. The normalized spacial score (nSPS) is 16.3. The predicted octanol–water partition coefficient (Wildman–Crippen LogP) is 3.50. The quantitative estimate of drug-likeness (QED) is 0.576. The van der Waals surface area contributed by atoms with Gasteiger partial charge in [0.25, 0.3) is 0 Å². The van der Waals surface area contributed by atoms with Gasteiger partial charge in [-0.15, -0.1) is 0 Å². The summed E-state index contributed by atoms with van der Waals surface area (Å²) in [7, 11) is 1.32. The fourth-order valence-corrected chi connectivity index (χ4v) is 3.30. The molecule has 4 rings (SSSR count). The van der Waals surface area contributed by atoms with Gasteiger partial charge in [0.05, 0.1) is 24.2 Å². The van der Waals surface area contributed by atoms with Gasteiger partial charge in [0.1, 0.15) is 17.2 Å². The number of benzene rings is 1. The highest BCUT2D eigenvalue weighted by Gasteiger charge is 2.23. The fourth-order valence-electron chi connectivity index (χ4n) is 3.06. The van der Waals surface area contributed by atoms with Crippen LogP contribution in [-0.4, -0.2) is 40.3 Å². The highest BCUT2D eigenvalue weighted by Crippen LogP contribution is 2.23. The van der Waals surface area contributed by atoms with Crippen LogP contribution in [0.15, 0.2) is 34.8 Å². The van der Waals surface area contributed by atoms with Crippen molar-refractivity contribution in [2.24, 2.45) is 0 Å². The third-order valence-corrected chi connectivity index (χ3v) is 5.23. The molecule has 6 nitrogen and oxygen atoms in total. The molecular weight excluding hydrogens is 417 g/mol. The number of halogens is 2. The smallest absolute Gasteiger partial charge is 0.356 e. The van der Waals surface area contributed by atoms with Gasteiger partial charge < -0.3 is 14.0 Å². The average molecular weight is 434 g/mol. The molecule has 0 bridgehead atoms. The molecule has 140 valence electrons. The molecule has 1 aromatic carbocycles. The molecule has 0 N–H and O–H groups in total. The van der Waals surface area contributed by atoms with Crippen LogP contribution in [0.4, 0.5) is 4.39 Å². The van der Waals surface area contributed by atoms with Crippen molar-refractivity contribution in [2.45, 2.75) is 25.5 Å². The van der Waals surface area contributed by atoms with Gasteiger partial charge in [-0.2, -0.15) is 0 Å². The van der Waals surface area contributed by atoms with E-state index >= 15 is 0 Å². The van der Waals surface area contributed by atoms with Crippen molar-refractivity contribution in [2.75, 3.05) is 13.7 Å². The van der Waals surface area contributed by atoms with E-state index in [1.165, 1.54) is 13.2 Å². The molecule has 2 aromatic heterocycles. The number of methoxy groups -OCH3 is 1. The average Bonchev–Trinajstić information content (AvgIpc) is 2.96. The Balaban J connectivity index is 1.76. The fraction of sp³-hybridized carbons (Fsp3) is 0.316. The first kappa shape index (κ1) is 18.1. The third kappa shape index (κ3) is 3.59. The van der Waals surface area contributed by atoms with Crippen LogP contribution in [0.25, 0.3) is 11.2 Å². The number of pyridine rings is 1. The van der Waals surface area contributed by atoms with E-state index in [2.05, 4.69) is 25.9 Å². The lowest BCUT2D eigenvalue weighted by Gasteiger charge is -2.27. The third-order valence-electron chi connectivity index (χ3n) is 4.59. The van der Waals surface area contributed by atoms with Crippen molar-refractivity contribution >= 4 is 33.1 Å². The lowest BCUT2D eigenvalue weighted by molar-refractivity contribution is -0.0590. The summed E-state index contributed by atoms with van der Waals surface area (Å²) in [6, 6.07) is 8.36. The Kier molecular flexibility index (Phi) is 4.92. The number of carbonyl (C=O) groups is 1. The molecule has 3 heterocycles. The summed E-state index contributed by atoms with van der Waals surface area (Å²) in [5, 5.41) is 0. The number of ether oxygens (including phenoxy) is 2. The SMILES string of the molecule is COC(=O)c1ccc2nc(Cc3ccc(Br)c(F)c3)n(C[C@@H]3CCO3)c2n1. The number of hydrogen-bond donors (Lipinski definition) is 0. The Bertz CT molecular complexity index is 1020. The van der Waals surface area contributed by atoms with E-state index in [9.17, 15) is 9.18 Å². The summed E-state index contributed by atoms with van der Waals surface area (Å²) < 4.78 is 26.6. The molecule has 1 atom stereocenters. The molecule has 27 heavy (non-hydrogen) atoms. The minimum atomic E-state index is -0.499. The largest absolute Gasteiger partial charge is 0.464 e. The van der Waals surface area contributed by atoms with Crippen LogP contribution in [-0.2, 0) is 22.4 Å². The Hall–Kier alpha value is -2.32. The first-order chi connectivity index (χ1) is 13.0. The molecule has 0 saturated carbocycles. The van der Waals surface area contributed by atoms with Crippen LogP contribution in [0.5, 0.6) is 0 Å². The molecule has 0 unspecified atom stereocenters. The Labute approximate surface area is 163 Å². The van der Waals surface area contributed by atoms with Crippen LogP contribution in [0.2, 0.25) is 0 Å². The molecule has 1 fully saturated rings. The number of aromatic nitrogens is 3. The maximum absolute atomic E-state index is 13.9. The summed E-state index contributed by atoms with van der Waals surface area (Å²) in [5.41, 5.74) is 2.30. The number of imidazole rings is 1. The summed E-state index contributed by atoms with van der Waals surface area (Å²) >= 11 is 3.17. The van der Waals surface area contributed by atoms with Crippen molar-refractivity contribution in [3.8, 4) is 0 Å². The molecule has 0 aliphatic carbocycles. The molecule has 0 amide bonds.